The van der Waals surface area contributed by atoms with Gasteiger partial charge in [0.25, 0.3) is 5.91 Å². The van der Waals surface area contributed by atoms with Gasteiger partial charge in [0, 0.05) is 54.4 Å². The number of anilines is 2. The van der Waals surface area contributed by atoms with Crippen LogP contribution in [0.1, 0.15) is 10.5 Å². The van der Waals surface area contributed by atoms with Crippen molar-refractivity contribution in [3.8, 4) is 11.7 Å². The quantitative estimate of drug-likeness (QED) is 0.442. The lowest BCUT2D eigenvalue weighted by atomic mass is 10.2. The summed E-state index contributed by atoms with van der Waals surface area (Å²) in [5, 5.41) is 18.9. The Hall–Kier alpha value is -3.62. The molecule has 8 nitrogen and oxygen atoms in total. The summed E-state index contributed by atoms with van der Waals surface area (Å²) in [6, 6.07) is 12.2. The predicted molar refractivity (Wildman–Crippen MR) is 125 cm³/mol. The molecule has 1 aliphatic rings. The van der Waals surface area contributed by atoms with Gasteiger partial charge in [-0.25, -0.2) is 4.98 Å². The Labute approximate surface area is 189 Å². The molecular formula is C23H21ClN6O2. The number of benzene rings is 1. The van der Waals surface area contributed by atoms with Gasteiger partial charge < -0.3 is 20.6 Å². The maximum absolute atomic E-state index is 13.0. The summed E-state index contributed by atoms with van der Waals surface area (Å²) >= 11 is 6.07. The molecule has 1 amide bonds. The Bertz CT molecular complexity index is 1300. The highest BCUT2D eigenvalue weighted by Crippen LogP contribution is 2.31. The highest BCUT2D eigenvalue weighted by atomic mass is 35.5. The van der Waals surface area contributed by atoms with E-state index in [2.05, 4.69) is 25.5 Å². The lowest BCUT2D eigenvalue weighted by molar-refractivity contribution is 0.102. The van der Waals surface area contributed by atoms with Gasteiger partial charge in [0.2, 0.25) is 5.88 Å². The monoisotopic (exact) mass is 448 g/mol. The second kappa shape index (κ2) is 8.49. The maximum Gasteiger partial charge on any atom is 0.274 e. The number of pyridine rings is 2. The minimum Gasteiger partial charge on any atom is -0.494 e. The van der Waals surface area contributed by atoms with Crippen molar-refractivity contribution in [2.75, 3.05) is 36.4 Å². The van der Waals surface area contributed by atoms with Crippen LogP contribution in [0.15, 0.2) is 61.1 Å². The van der Waals surface area contributed by atoms with Gasteiger partial charge in [0.15, 0.2) is 0 Å². The highest BCUT2D eigenvalue weighted by Gasteiger charge is 2.18. The number of aromatic hydroxyl groups is 1. The van der Waals surface area contributed by atoms with Crippen LogP contribution >= 0.6 is 11.6 Å². The number of nitrogens with one attached hydrogen (secondary N) is 2. The average molecular weight is 449 g/mol. The van der Waals surface area contributed by atoms with Crippen molar-refractivity contribution in [1.82, 2.24) is 19.9 Å². The minimum absolute atomic E-state index is 0.0370. The lowest BCUT2D eigenvalue weighted by Gasteiger charge is -2.30. The Kier molecular flexibility index (Phi) is 5.38. The number of hydrogen-bond donors (Lipinski definition) is 3. The molecular weight excluding hydrogens is 428 g/mol. The van der Waals surface area contributed by atoms with E-state index in [0.717, 1.165) is 37.3 Å². The molecule has 0 aliphatic carbocycles. The number of halogens is 1. The van der Waals surface area contributed by atoms with Crippen LogP contribution in [-0.4, -0.2) is 51.7 Å². The molecule has 1 saturated heterocycles. The molecule has 9 heteroatoms. The van der Waals surface area contributed by atoms with Crippen LogP contribution in [-0.2, 0) is 0 Å². The Morgan fingerprint density at radius 3 is 2.84 bits per heavy atom. The zero-order chi connectivity index (χ0) is 22.1. The van der Waals surface area contributed by atoms with E-state index in [1.807, 2.05) is 6.07 Å². The normalized spacial score (nSPS) is 14.0. The molecule has 3 N–H and O–H groups in total. The first-order chi connectivity index (χ1) is 15.6. The van der Waals surface area contributed by atoms with E-state index in [9.17, 15) is 9.90 Å². The highest BCUT2D eigenvalue weighted by molar-refractivity contribution is 6.31. The van der Waals surface area contributed by atoms with E-state index in [1.54, 1.807) is 55.0 Å². The molecule has 5 rings (SSSR count). The number of piperazine rings is 1. The Morgan fingerprint density at radius 2 is 2.00 bits per heavy atom. The largest absolute Gasteiger partial charge is 0.494 e. The van der Waals surface area contributed by atoms with Crippen molar-refractivity contribution in [3.05, 3.63) is 71.8 Å². The number of aromatic nitrogens is 3. The van der Waals surface area contributed by atoms with E-state index in [1.165, 1.54) is 4.57 Å². The molecule has 0 atom stereocenters. The van der Waals surface area contributed by atoms with Gasteiger partial charge in [-0.1, -0.05) is 17.7 Å². The molecule has 162 valence electrons. The molecule has 3 aromatic heterocycles. The standard InChI is InChI=1S/C23H21ClN6O2/c24-16-4-5-17-15(12-16)14-30(23(17)32)21-3-1-2-18(27-21)22(31)28-19-13-26-7-6-20(19)29-10-8-25-9-11-29/h1-7,12-14,25,32H,8-11H2,(H,28,31). The van der Waals surface area contributed by atoms with Gasteiger partial charge in [-0.15, -0.1) is 0 Å². The van der Waals surface area contributed by atoms with Crippen molar-refractivity contribution in [2.24, 2.45) is 0 Å². The number of amides is 1. The van der Waals surface area contributed by atoms with Crippen LogP contribution in [0.3, 0.4) is 0 Å². The van der Waals surface area contributed by atoms with Crippen molar-refractivity contribution in [3.63, 3.8) is 0 Å². The van der Waals surface area contributed by atoms with E-state index in [4.69, 9.17) is 11.6 Å². The van der Waals surface area contributed by atoms with Crippen LogP contribution in [0.25, 0.3) is 16.6 Å². The summed E-state index contributed by atoms with van der Waals surface area (Å²) in [4.78, 5) is 23.9. The number of fused-ring (bicyclic) bond motifs is 1. The Morgan fingerprint density at radius 1 is 1.16 bits per heavy atom. The van der Waals surface area contributed by atoms with Crippen molar-refractivity contribution in [2.45, 2.75) is 0 Å². The number of carbonyl (C=O) groups excluding carboxylic acids is 1. The van der Waals surface area contributed by atoms with Gasteiger partial charge in [0.05, 0.1) is 17.6 Å². The number of nitrogens with zero attached hydrogens (tertiary/aromatic N) is 4. The third kappa shape index (κ3) is 3.86. The average Bonchev–Trinajstić information content (AvgIpc) is 3.15. The summed E-state index contributed by atoms with van der Waals surface area (Å²) in [6.07, 6.45) is 5.11. The smallest absolute Gasteiger partial charge is 0.274 e. The molecule has 0 spiro atoms. The van der Waals surface area contributed by atoms with E-state index >= 15 is 0 Å². The fourth-order valence-corrected chi connectivity index (χ4v) is 4.06. The van der Waals surface area contributed by atoms with Gasteiger partial charge in [-0.05, 0) is 36.4 Å². The summed E-state index contributed by atoms with van der Waals surface area (Å²) in [6.45, 7) is 3.48. The Balaban J connectivity index is 1.43. The fourth-order valence-electron chi connectivity index (χ4n) is 3.88. The predicted octanol–water partition coefficient (Wildman–Crippen LogP) is 3.44. The fraction of sp³-hybridized carbons (Fsp3) is 0.174. The molecule has 0 unspecified atom stereocenters. The van der Waals surface area contributed by atoms with E-state index in [0.29, 0.717) is 21.9 Å². The minimum atomic E-state index is -0.351. The van der Waals surface area contributed by atoms with E-state index in [-0.39, 0.29) is 17.5 Å². The molecule has 4 heterocycles. The van der Waals surface area contributed by atoms with Gasteiger partial charge in [-0.3, -0.25) is 14.3 Å². The van der Waals surface area contributed by atoms with Gasteiger partial charge in [0.1, 0.15) is 11.5 Å². The first kappa shape index (κ1) is 20.3. The molecule has 0 radical (unpaired) electrons. The number of hydrogen-bond acceptors (Lipinski definition) is 6. The summed E-state index contributed by atoms with van der Waals surface area (Å²) in [7, 11) is 0. The van der Waals surface area contributed by atoms with Gasteiger partial charge >= 0.3 is 0 Å². The second-order valence-electron chi connectivity index (χ2n) is 7.52. The lowest BCUT2D eigenvalue weighted by Crippen LogP contribution is -2.43. The van der Waals surface area contributed by atoms with Crippen LogP contribution in [0.2, 0.25) is 5.02 Å². The number of carbonyl (C=O) groups is 1. The third-order valence-corrected chi connectivity index (χ3v) is 5.70. The molecule has 1 aromatic carbocycles. The van der Waals surface area contributed by atoms with Crippen LogP contribution < -0.4 is 15.5 Å². The summed E-state index contributed by atoms with van der Waals surface area (Å²) in [5.74, 6) is 0.112. The van der Waals surface area contributed by atoms with E-state index < -0.39 is 0 Å². The van der Waals surface area contributed by atoms with Crippen LogP contribution in [0.4, 0.5) is 11.4 Å². The van der Waals surface area contributed by atoms with Crippen LogP contribution in [0, 0.1) is 0 Å². The zero-order valence-corrected chi connectivity index (χ0v) is 17.9. The molecule has 0 bridgehead atoms. The van der Waals surface area contributed by atoms with Crippen molar-refractivity contribution in [1.29, 1.82) is 0 Å². The first-order valence-electron chi connectivity index (χ1n) is 10.3. The molecule has 1 fully saturated rings. The summed E-state index contributed by atoms with van der Waals surface area (Å²) < 4.78 is 1.54. The van der Waals surface area contributed by atoms with Crippen LogP contribution in [0.5, 0.6) is 5.88 Å². The SMILES string of the molecule is O=C(Nc1cnccc1N1CCNCC1)c1cccc(-n2cc3cc(Cl)ccc3c2O)n1. The molecule has 4 aromatic rings. The second-order valence-corrected chi connectivity index (χ2v) is 7.96. The van der Waals surface area contributed by atoms with Crippen molar-refractivity contribution >= 4 is 39.7 Å². The van der Waals surface area contributed by atoms with Crippen molar-refractivity contribution < 1.29 is 9.90 Å². The molecule has 32 heavy (non-hydrogen) atoms. The molecule has 0 saturated carbocycles. The summed E-state index contributed by atoms with van der Waals surface area (Å²) in [5.41, 5.74) is 1.79. The number of rotatable bonds is 4. The van der Waals surface area contributed by atoms with Gasteiger partial charge in [-0.2, -0.15) is 0 Å². The first-order valence-corrected chi connectivity index (χ1v) is 10.7. The zero-order valence-electron chi connectivity index (χ0n) is 17.1. The topological polar surface area (TPSA) is 95.3 Å². The maximum atomic E-state index is 13.0. The molecule has 1 aliphatic heterocycles. The third-order valence-electron chi connectivity index (χ3n) is 5.47.